The highest BCUT2D eigenvalue weighted by Gasteiger charge is 2.05. The highest BCUT2D eigenvalue weighted by Crippen LogP contribution is 2.15. The standard InChI is InChI=1S/C16H16ClFN2OS/c1-20(9-10-21-15-7-5-13(18)6-8-15)16(22)19-14-4-2-3-12(17)11-14/h2-8,11H,9-10H2,1H3,(H,19,22). The Bertz CT molecular complexity index is 636. The average molecular weight is 339 g/mol. The first-order valence-electron chi connectivity index (χ1n) is 6.70. The summed E-state index contributed by atoms with van der Waals surface area (Å²) in [7, 11) is 1.87. The topological polar surface area (TPSA) is 24.5 Å². The van der Waals surface area contributed by atoms with Crippen LogP contribution in [-0.4, -0.2) is 30.2 Å². The van der Waals surface area contributed by atoms with Crippen molar-refractivity contribution in [3.63, 3.8) is 0 Å². The fourth-order valence-corrected chi connectivity index (χ4v) is 2.12. The van der Waals surface area contributed by atoms with Gasteiger partial charge in [-0.3, -0.25) is 0 Å². The zero-order chi connectivity index (χ0) is 15.9. The molecule has 0 aromatic heterocycles. The molecular weight excluding hydrogens is 323 g/mol. The number of nitrogens with zero attached hydrogens (tertiary/aromatic N) is 1. The van der Waals surface area contributed by atoms with Gasteiger partial charge in [0.1, 0.15) is 18.2 Å². The number of ether oxygens (including phenoxy) is 1. The van der Waals surface area contributed by atoms with Crippen LogP contribution in [0.2, 0.25) is 5.02 Å². The Morgan fingerprint density at radius 3 is 2.68 bits per heavy atom. The lowest BCUT2D eigenvalue weighted by Crippen LogP contribution is -2.34. The van der Waals surface area contributed by atoms with Gasteiger partial charge in [0, 0.05) is 17.8 Å². The van der Waals surface area contributed by atoms with Gasteiger partial charge in [0.2, 0.25) is 0 Å². The van der Waals surface area contributed by atoms with Gasteiger partial charge >= 0.3 is 0 Å². The smallest absolute Gasteiger partial charge is 0.173 e. The fraction of sp³-hybridized carbons (Fsp3) is 0.188. The SMILES string of the molecule is CN(CCOc1ccc(F)cc1)C(=S)Nc1cccc(Cl)c1. The van der Waals surface area contributed by atoms with E-state index in [1.807, 2.05) is 24.1 Å². The van der Waals surface area contributed by atoms with E-state index >= 15 is 0 Å². The number of thiocarbonyl (C=S) groups is 1. The van der Waals surface area contributed by atoms with Gasteiger partial charge in [0.15, 0.2) is 5.11 Å². The molecule has 116 valence electrons. The molecule has 6 heteroatoms. The van der Waals surface area contributed by atoms with Crippen LogP contribution < -0.4 is 10.1 Å². The van der Waals surface area contributed by atoms with Crippen LogP contribution in [0, 0.1) is 5.82 Å². The minimum Gasteiger partial charge on any atom is -0.492 e. The molecule has 0 amide bonds. The molecule has 2 rings (SSSR count). The first-order valence-corrected chi connectivity index (χ1v) is 7.49. The Balaban J connectivity index is 1.77. The van der Waals surface area contributed by atoms with Gasteiger partial charge in [-0.1, -0.05) is 17.7 Å². The van der Waals surface area contributed by atoms with Crippen LogP contribution in [0.5, 0.6) is 5.75 Å². The normalized spacial score (nSPS) is 10.1. The molecule has 0 fully saturated rings. The summed E-state index contributed by atoms with van der Waals surface area (Å²) >= 11 is 11.2. The second-order valence-corrected chi connectivity index (χ2v) is 5.49. The quantitative estimate of drug-likeness (QED) is 0.826. The summed E-state index contributed by atoms with van der Waals surface area (Å²) in [5.41, 5.74) is 0.837. The zero-order valence-corrected chi connectivity index (χ0v) is 13.6. The molecule has 0 radical (unpaired) electrons. The monoisotopic (exact) mass is 338 g/mol. The van der Waals surface area contributed by atoms with Crippen molar-refractivity contribution in [3.8, 4) is 5.75 Å². The van der Waals surface area contributed by atoms with E-state index in [-0.39, 0.29) is 5.82 Å². The number of hydrogen-bond donors (Lipinski definition) is 1. The molecule has 2 aromatic carbocycles. The van der Waals surface area contributed by atoms with Crippen molar-refractivity contribution in [2.24, 2.45) is 0 Å². The van der Waals surface area contributed by atoms with Crippen molar-refractivity contribution in [2.75, 3.05) is 25.5 Å². The zero-order valence-electron chi connectivity index (χ0n) is 12.1. The number of nitrogens with one attached hydrogen (secondary N) is 1. The van der Waals surface area contributed by atoms with Crippen LogP contribution in [0.15, 0.2) is 48.5 Å². The highest BCUT2D eigenvalue weighted by molar-refractivity contribution is 7.80. The number of benzene rings is 2. The summed E-state index contributed by atoms with van der Waals surface area (Å²) in [4.78, 5) is 1.86. The second kappa shape index (κ2) is 7.96. The van der Waals surface area contributed by atoms with Crippen molar-refractivity contribution in [1.82, 2.24) is 4.90 Å². The van der Waals surface area contributed by atoms with Crippen LogP contribution in [0.4, 0.5) is 10.1 Å². The van der Waals surface area contributed by atoms with E-state index in [0.717, 1.165) is 5.69 Å². The first-order chi connectivity index (χ1) is 10.5. The Hall–Kier alpha value is -1.85. The summed E-state index contributed by atoms with van der Waals surface area (Å²) in [6.45, 7) is 1.04. The summed E-state index contributed by atoms with van der Waals surface area (Å²) in [6.07, 6.45) is 0. The van der Waals surface area contributed by atoms with Gasteiger partial charge in [0.25, 0.3) is 0 Å². The predicted molar refractivity (Wildman–Crippen MR) is 92.2 cm³/mol. The lowest BCUT2D eigenvalue weighted by Gasteiger charge is -2.21. The lowest BCUT2D eigenvalue weighted by molar-refractivity contribution is 0.285. The maximum atomic E-state index is 12.8. The molecule has 0 aliphatic rings. The summed E-state index contributed by atoms with van der Waals surface area (Å²) in [5.74, 6) is 0.347. The van der Waals surface area contributed by atoms with Crippen molar-refractivity contribution in [3.05, 3.63) is 59.4 Å². The largest absolute Gasteiger partial charge is 0.492 e. The maximum absolute atomic E-state index is 12.8. The van der Waals surface area contributed by atoms with E-state index < -0.39 is 0 Å². The van der Waals surface area contributed by atoms with E-state index in [4.69, 9.17) is 28.6 Å². The van der Waals surface area contributed by atoms with E-state index in [0.29, 0.717) is 29.0 Å². The van der Waals surface area contributed by atoms with Gasteiger partial charge < -0.3 is 15.0 Å². The van der Waals surface area contributed by atoms with E-state index in [2.05, 4.69) is 5.32 Å². The minimum atomic E-state index is -0.281. The van der Waals surface area contributed by atoms with E-state index in [1.165, 1.54) is 12.1 Å². The molecule has 22 heavy (non-hydrogen) atoms. The lowest BCUT2D eigenvalue weighted by atomic mass is 10.3. The van der Waals surface area contributed by atoms with Gasteiger partial charge in [-0.25, -0.2) is 4.39 Å². The molecule has 0 unspecified atom stereocenters. The molecule has 0 atom stereocenters. The Morgan fingerprint density at radius 1 is 1.27 bits per heavy atom. The second-order valence-electron chi connectivity index (χ2n) is 4.66. The number of halogens is 2. The average Bonchev–Trinajstić information content (AvgIpc) is 2.49. The van der Waals surface area contributed by atoms with Crippen LogP contribution in [0.1, 0.15) is 0 Å². The van der Waals surface area contributed by atoms with Crippen LogP contribution in [0.25, 0.3) is 0 Å². The van der Waals surface area contributed by atoms with Crippen LogP contribution in [0.3, 0.4) is 0 Å². The Kier molecular flexibility index (Phi) is 5.98. The molecule has 0 bridgehead atoms. The molecule has 0 saturated heterocycles. The fourth-order valence-electron chi connectivity index (χ4n) is 1.72. The van der Waals surface area contributed by atoms with E-state index in [9.17, 15) is 4.39 Å². The van der Waals surface area contributed by atoms with E-state index in [1.54, 1.807) is 24.3 Å². The molecule has 2 aromatic rings. The third-order valence-corrected chi connectivity index (χ3v) is 3.58. The highest BCUT2D eigenvalue weighted by atomic mass is 35.5. The third-order valence-electron chi connectivity index (χ3n) is 2.93. The summed E-state index contributed by atoms with van der Waals surface area (Å²) in [6, 6.07) is 13.3. The Labute approximate surface area is 139 Å². The molecular formula is C16H16ClFN2OS. The molecule has 0 aliphatic heterocycles. The summed E-state index contributed by atoms with van der Waals surface area (Å²) in [5, 5.41) is 4.33. The van der Waals surface area contributed by atoms with Gasteiger partial charge in [-0.05, 0) is 54.7 Å². The van der Waals surface area contributed by atoms with Crippen molar-refractivity contribution in [1.29, 1.82) is 0 Å². The Morgan fingerprint density at radius 2 is 2.00 bits per heavy atom. The first kappa shape index (κ1) is 16.5. The molecule has 0 spiro atoms. The molecule has 0 aliphatic carbocycles. The molecule has 0 saturated carbocycles. The number of hydrogen-bond acceptors (Lipinski definition) is 2. The molecule has 0 heterocycles. The minimum absolute atomic E-state index is 0.281. The van der Waals surface area contributed by atoms with Gasteiger partial charge in [-0.2, -0.15) is 0 Å². The van der Waals surface area contributed by atoms with Crippen molar-refractivity contribution in [2.45, 2.75) is 0 Å². The summed E-state index contributed by atoms with van der Waals surface area (Å²) < 4.78 is 18.3. The maximum Gasteiger partial charge on any atom is 0.173 e. The van der Waals surface area contributed by atoms with Gasteiger partial charge in [0.05, 0.1) is 6.54 Å². The van der Waals surface area contributed by atoms with Crippen molar-refractivity contribution < 1.29 is 9.13 Å². The van der Waals surface area contributed by atoms with Crippen LogP contribution in [-0.2, 0) is 0 Å². The molecule has 3 nitrogen and oxygen atoms in total. The van der Waals surface area contributed by atoms with Crippen molar-refractivity contribution >= 4 is 34.6 Å². The van der Waals surface area contributed by atoms with Gasteiger partial charge in [-0.15, -0.1) is 0 Å². The number of likely N-dealkylation sites (N-methyl/N-ethyl adjacent to an activating group) is 1. The number of rotatable bonds is 5. The number of anilines is 1. The molecule has 1 N–H and O–H groups in total. The van der Waals surface area contributed by atoms with Crippen LogP contribution >= 0.6 is 23.8 Å². The third kappa shape index (κ3) is 5.16. The predicted octanol–water partition coefficient (Wildman–Crippen LogP) is 4.19.